The van der Waals surface area contributed by atoms with Crippen molar-refractivity contribution in [3.05, 3.63) is 11.8 Å². The molecule has 0 aliphatic carbocycles. The zero-order valence-corrected chi connectivity index (χ0v) is 7.65. The van der Waals surface area contributed by atoms with E-state index in [1.165, 1.54) is 7.11 Å². The Morgan fingerprint density at radius 3 is 3.00 bits per heavy atom. The van der Waals surface area contributed by atoms with Crippen molar-refractivity contribution in [3.8, 4) is 5.88 Å². The van der Waals surface area contributed by atoms with Crippen molar-refractivity contribution < 1.29 is 14.5 Å². The lowest BCUT2D eigenvalue weighted by Crippen LogP contribution is -1.97. The summed E-state index contributed by atoms with van der Waals surface area (Å²) in [5, 5.41) is 15.4. The normalized spacial score (nSPS) is 11.7. The third-order valence-electron chi connectivity index (χ3n) is 1.59. The second-order valence-electron chi connectivity index (χ2n) is 2.53. The molecule has 0 amide bonds. The molecule has 0 radical (unpaired) electrons. The summed E-state index contributed by atoms with van der Waals surface area (Å²) in [6.07, 6.45) is 1.53. The van der Waals surface area contributed by atoms with Crippen molar-refractivity contribution in [2.24, 2.45) is 5.16 Å². The molecule has 1 heterocycles. The van der Waals surface area contributed by atoms with Crippen LogP contribution in [0.25, 0.3) is 0 Å². The number of rotatable bonds is 4. The Hall–Kier alpha value is -1.52. The van der Waals surface area contributed by atoms with Gasteiger partial charge in [0.1, 0.15) is 5.71 Å². The van der Waals surface area contributed by atoms with Crippen molar-refractivity contribution >= 4 is 5.71 Å². The van der Waals surface area contributed by atoms with E-state index in [0.29, 0.717) is 23.8 Å². The summed E-state index contributed by atoms with van der Waals surface area (Å²) >= 11 is 0. The van der Waals surface area contributed by atoms with E-state index >= 15 is 0 Å². The van der Waals surface area contributed by atoms with E-state index in [1.54, 1.807) is 6.07 Å². The van der Waals surface area contributed by atoms with Crippen LogP contribution in [0, 0.1) is 0 Å². The van der Waals surface area contributed by atoms with Gasteiger partial charge in [-0.2, -0.15) is 0 Å². The van der Waals surface area contributed by atoms with Gasteiger partial charge in [-0.15, -0.1) is 0 Å². The molecule has 0 unspecified atom stereocenters. The van der Waals surface area contributed by atoms with Gasteiger partial charge in [-0.3, -0.25) is 0 Å². The van der Waals surface area contributed by atoms with Crippen molar-refractivity contribution in [2.75, 3.05) is 7.11 Å². The van der Waals surface area contributed by atoms with Gasteiger partial charge in [0.15, 0.2) is 5.76 Å². The molecule has 0 atom stereocenters. The maximum Gasteiger partial charge on any atom is 0.254 e. The second kappa shape index (κ2) is 4.49. The highest BCUT2D eigenvalue weighted by Crippen LogP contribution is 2.13. The summed E-state index contributed by atoms with van der Waals surface area (Å²) in [7, 11) is 1.50. The van der Waals surface area contributed by atoms with E-state index < -0.39 is 0 Å². The molecule has 13 heavy (non-hydrogen) atoms. The molecule has 0 spiro atoms. The van der Waals surface area contributed by atoms with Crippen LogP contribution in [0.15, 0.2) is 15.7 Å². The third-order valence-corrected chi connectivity index (χ3v) is 1.59. The van der Waals surface area contributed by atoms with Crippen LogP contribution >= 0.6 is 0 Å². The molecule has 1 aromatic heterocycles. The fraction of sp³-hybridized carbons (Fsp3) is 0.500. The van der Waals surface area contributed by atoms with Crippen LogP contribution in [-0.4, -0.2) is 23.2 Å². The number of nitrogens with zero attached hydrogens (tertiary/aromatic N) is 2. The quantitative estimate of drug-likeness (QED) is 0.439. The van der Waals surface area contributed by atoms with Crippen LogP contribution in [-0.2, 0) is 0 Å². The van der Waals surface area contributed by atoms with Crippen LogP contribution < -0.4 is 4.74 Å². The number of hydrogen-bond donors (Lipinski definition) is 1. The van der Waals surface area contributed by atoms with Crippen LogP contribution in [0.1, 0.15) is 25.5 Å². The molecule has 0 fully saturated rings. The fourth-order valence-electron chi connectivity index (χ4n) is 0.950. The van der Waals surface area contributed by atoms with Gasteiger partial charge in [-0.05, 0) is 11.6 Å². The number of methoxy groups -OCH3 is 1. The van der Waals surface area contributed by atoms with Crippen LogP contribution in [0.5, 0.6) is 5.88 Å². The molecule has 0 aliphatic heterocycles. The molecule has 1 N–H and O–H groups in total. The van der Waals surface area contributed by atoms with Crippen LogP contribution in [0.3, 0.4) is 0 Å². The van der Waals surface area contributed by atoms with Gasteiger partial charge in [0.05, 0.1) is 13.2 Å². The van der Waals surface area contributed by atoms with Crippen molar-refractivity contribution in [3.63, 3.8) is 0 Å². The Balaban J connectivity index is 2.80. The average Bonchev–Trinajstić information content (AvgIpc) is 2.62. The zero-order valence-electron chi connectivity index (χ0n) is 7.65. The molecule has 1 rings (SSSR count). The first-order valence-corrected chi connectivity index (χ1v) is 4.03. The maximum absolute atomic E-state index is 8.65. The molecule has 0 aromatic carbocycles. The summed E-state index contributed by atoms with van der Waals surface area (Å²) in [6.45, 7) is 1.98. The molecule has 0 saturated heterocycles. The summed E-state index contributed by atoms with van der Waals surface area (Å²) in [5.41, 5.74) is 0.485. The number of oxime groups is 1. The van der Waals surface area contributed by atoms with Crippen molar-refractivity contribution in [1.29, 1.82) is 0 Å². The highest BCUT2D eigenvalue weighted by atomic mass is 16.5. The van der Waals surface area contributed by atoms with Gasteiger partial charge in [0.2, 0.25) is 0 Å². The fourth-order valence-corrected chi connectivity index (χ4v) is 0.950. The molecule has 0 bridgehead atoms. The first kappa shape index (κ1) is 9.57. The highest BCUT2D eigenvalue weighted by Gasteiger charge is 2.10. The minimum absolute atomic E-state index is 0.382. The minimum atomic E-state index is 0.382. The zero-order chi connectivity index (χ0) is 9.68. The smallest absolute Gasteiger partial charge is 0.254 e. The van der Waals surface area contributed by atoms with Gasteiger partial charge in [-0.25, -0.2) is 0 Å². The number of hydrogen-bond acceptors (Lipinski definition) is 5. The molecular formula is C8H12N2O3. The molecule has 72 valence electrons. The van der Waals surface area contributed by atoms with E-state index in [1.807, 2.05) is 6.92 Å². The first-order chi connectivity index (χ1) is 6.31. The standard InChI is InChI=1S/C8H12N2O3/c1-3-4-6(9-11)7-5-8(12-2)10-13-7/h5,11H,3-4H2,1-2H3. The molecule has 5 heteroatoms. The molecule has 1 aromatic rings. The largest absolute Gasteiger partial charge is 0.479 e. The Bertz CT molecular complexity index is 293. The number of ether oxygens (including phenoxy) is 1. The van der Waals surface area contributed by atoms with Crippen LogP contribution in [0.2, 0.25) is 0 Å². The number of aromatic nitrogens is 1. The van der Waals surface area contributed by atoms with Gasteiger partial charge >= 0.3 is 0 Å². The summed E-state index contributed by atoms with van der Waals surface area (Å²) in [5.74, 6) is 0.827. The van der Waals surface area contributed by atoms with Gasteiger partial charge in [0.25, 0.3) is 5.88 Å². The van der Waals surface area contributed by atoms with E-state index in [2.05, 4.69) is 10.3 Å². The molecular weight excluding hydrogens is 172 g/mol. The van der Waals surface area contributed by atoms with Gasteiger partial charge < -0.3 is 14.5 Å². The Morgan fingerprint density at radius 2 is 2.54 bits per heavy atom. The minimum Gasteiger partial charge on any atom is -0.479 e. The molecule has 0 aliphatic rings. The summed E-state index contributed by atoms with van der Waals surface area (Å²) in [6, 6.07) is 1.59. The Labute approximate surface area is 76.0 Å². The lowest BCUT2D eigenvalue weighted by Gasteiger charge is -1.94. The van der Waals surface area contributed by atoms with Crippen molar-refractivity contribution in [1.82, 2.24) is 5.16 Å². The SMILES string of the molecule is CCCC(=NO)c1cc(OC)no1. The van der Waals surface area contributed by atoms with E-state index in [4.69, 9.17) is 14.5 Å². The highest BCUT2D eigenvalue weighted by molar-refractivity contribution is 5.97. The van der Waals surface area contributed by atoms with Gasteiger partial charge in [0, 0.05) is 0 Å². The predicted octanol–water partition coefficient (Wildman–Crippen LogP) is 1.66. The van der Waals surface area contributed by atoms with E-state index in [-0.39, 0.29) is 0 Å². The van der Waals surface area contributed by atoms with E-state index in [0.717, 1.165) is 6.42 Å². The lowest BCUT2D eigenvalue weighted by molar-refractivity contribution is 0.311. The Kier molecular flexibility index (Phi) is 3.31. The second-order valence-corrected chi connectivity index (χ2v) is 2.53. The van der Waals surface area contributed by atoms with Crippen LogP contribution in [0.4, 0.5) is 0 Å². The maximum atomic E-state index is 8.65. The third kappa shape index (κ3) is 2.21. The predicted molar refractivity (Wildman–Crippen MR) is 46.3 cm³/mol. The van der Waals surface area contributed by atoms with E-state index in [9.17, 15) is 0 Å². The topological polar surface area (TPSA) is 67.9 Å². The molecule has 5 nitrogen and oxygen atoms in total. The summed E-state index contributed by atoms with van der Waals surface area (Å²) in [4.78, 5) is 0. The Morgan fingerprint density at radius 1 is 1.77 bits per heavy atom. The average molecular weight is 184 g/mol. The molecule has 0 saturated carbocycles. The first-order valence-electron chi connectivity index (χ1n) is 4.03. The van der Waals surface area contributed by atoms with Crippen molar-refractivity contribution in [2.45, 2.75) is 19.8 Å². The lowest BCUT2D eigenvalue weighted by atomic mass is 10.2. The summed E-state index contributed by atoms with van der Waals surface area (Å²) < 4.78 is 9.72. The monoisotopic (exact) mass is 184 g/mol. The van der Waals surface area contributed by atoms with Gasteiger partial charge in [-0.1, -0.05) is 18.5 Å².